The summed E-state index contributed by atoms with van der Waals surface area (Å²) in [5, 5.41) is 4.91. The number of anilines is 1. The normalized spacial score (nSPS) is 10.7. The van der Waals surface area contributed by atoms with Crippen LogP contribution in [0.3, 0.4) is 0 Å². The van der Waals surface area contributed by atoms with E-state index >= 15 is 0 Å². The highest BCUT2D eigenvalue weighted by molar-refractivity contribution is 7.04. The van der Waals surface area contributed by atoms with E-state index in [0.29, 0.717) is 42.8 Å². The molecule has 182 valence electrons. The quantitative estimate of drug-likeness (QED) is 0.368. The third-order valence-corrected chi connectivity index (χ3v) is 5.83. The van der Waals surface area contributed by atoms with Gasteiger partial charge in [-0.3, -0.25) is 4.79 Å². The van der Waals surface area contributed by atoms with E-state index < -0.39 is 0 Å². The maximum atomic E-state index is 12.5. The molecule has 1 amide bonds. The van der Waals surface area contributed by atoms with Crippen LogP contribution in [0, 0.1) is 6.92 Å². The molecule has 0 saturated heterocycles. The minimum atomic E-state index is -0.160. The largest absolute Gasteiger partial charge is 0.495 e. The first-order chi connectivity index (χ1) is 16.5. The maximum Gasteiger partial charge on any atom is 0.226 e. The zero-order valence-corrected chi connectivity index (χ0v) is 20.9. The van der Waals surface area contributed by atoms with E-state index in [0.717, 1.165) is 27.9 Å². The summed E-state index contributed by atoms with van der Waals surface area (Å²) in [5.41, 5.74) is 5.12. The SMILES string of the molecule is COCCOCCC(=O)Nc1cc(-c2csnc2-c2cc(C)c(OC)c(OC)c2)ccc1OC. The highest BCUT2D eigenvalue weighted by Gasteiger charge is 2.17. The van der Waals surface area contributed by atoms with Crippen molar-refractivity contribution < 1.29 is 28.5 Å². The number of aryl methyl sites for hydroxylation is 1. The van der Waals surface area contributed by atoms with Gasteiger partial charge in [0.2, 0.25) is 5.91 Å². The standard InChI is InChI=1S/C25H30N2O6S/c1-16-12-18(14-22(31-4)25(16)32-5)24-19(15-34-27-24)17-6-7-21(30-3)20(13-17)26-23(28)8-9-33-11-10-29-2/h6-7,12-15H,8-11H2,1-5H3,(H,26,28). The molecule has 1 aromatic heterocycles. The summed E-state index contributed by atoms with van der Waals surface area (Å²) in [4.78, 5) is 12.5. The lowest BCUT2D eigenvalue weighted by atomic mass is 9.99. The van der Waals surface area contributed by atoms with Crippen LogP contribution in [0.5, 0.6) is 17.2 Å². The van der Waals surface area contributed by atoms with Gasteiger partial charge < -0.3 is 29.0 Å². The summed E-state index contributed by atoms with van der Waals surface area (Å²) in [5.74, 6) is 1.76. The number of carbonyl (C=O) groups is 1. The zero-order valence-electron chi connectivity index (χ0n) is 20.1. The molecule has 0 aliphatic carbocycles. The van der Waals surface area contributed by atoms with Crippen LogP contribution >= 0.6 is 11.5 Å². The Morgan fingerprint density at radius 3 is 2.44 bits per heavy atom. The number of benzene rings is 2. The first-order valence-corrected chi connectivity index (χ1v) is 11.6. The summed E-state index contributed by atoms with van der Waals surface area (Å²) < 4.78 is 31.4. The van der Waals surface area contributed by atoms with E-state index in [1.165, 1.54) is 11.5 Å². The molecule has 0 spiro atoms. The molecule has 3 rings (SSSR count). The van der Waals surface area contributed by atoms with Crippen LogP contribution < -0.4 is 19.5 Å². The molecule has 0 aliphatic rings. The van der Waals surface area contributed by atoms with Gasteiger partial charge >= 0.3 is 0 Å². The number of hydrogen-bond acceptors (Lipinski definition) is 8. The van der Waals surface area contributed by atoms with Gasteiger partial charge in [0.1, 0.15) is 5.75 Å². The third kappa shape index (κ3) is 6.05. The molecule has 0 bridgehead atoms. The predicted octanol–water partition coefficient (Wildman–Crippen LogP) is 4.80. The van der Waals surface area contributed by atoms with Gasteiger partial charge in [-0.25, -0.2) is 0 Å². The molecule has 0 saturated carbocycles. The lowest BCUT2D eigenvalue weighted by Gasteiger charge is -2.14. The van der Waals surface area contributed by atoms with Crippen LogP contribution in [0.2, 0.25) is 0 Å². The zero-order chi connectivity index (χ0) is 24.5. The highest BCUT2D eigenvalue weighted by atomic mass is 32.1. The summed E-state index contributed by atoms with van der Waals surface area (Å²) in [7, 11) is 6.42. The van der Waals surface area contributed by atoms with Gasteiger partial charge in [-0.15, -0.1) is 0 Å². The molecule has 1 N–H and O–H groups in total. The number of hydrogen-bond donors (Lipinski definition) is 1. The Hall–Kier alpha value is -3.14. The topological polar surface area (TPSA) is 88.1 Å². The van der Waals surface area contributed by atoms with Crippen LogP contribution in [-0.4, -0.2) is 58.5 Å². The monoisotopic (exact) mass is 486 g/mol. The molecule has 0 aliphatic heterocycles. The van der Waals surface area contributed by atoms with Crippen LogP contribution in [0.15, 0.2) is 35.7 Å². The number of ether oxygens (including phenoxy) is 5. The molecular weight excluding hydrogens is 456 g/mol. The van der Waals surface area contributed by atoms with Crippen molar-refractivity contribution in [3.05, 3.63) is 41.3 Å². The van der Waals surface area contributed by atoms with E-state index in [1.54, 1.807) is 28.4 Å². The first-order valence-electron chi connectivity index (χ1n) is 10.7. The molecule has 0 fully saturated rings. The van der Waals surface area contributed by atoms with E-state index in [2.05, 4.69) is 9.69 Å². The molecule has 2 aromatic carbocycles. The van der Waals surface area contributed by atoms with Crippen molar-refractivity contribution >= 4 is 23.1 Å². The molecule has 9 heteroatoms. The van der Waals surface area contributed by atoms with Crippen molar-refractivity contribution in [2.45, 2.75) is 13.3 Å². The molecule has 0 radical (unpaired) electrons. The van der Waals surface area contributed by atoms with Gasteiger partial charge in [-0.2, -0.15) is 4.37 Å². The van der Waals surface area contributed by atoms with Crippen LogP contribution in [-0.2, 0) is 14.3 Å². The van der Waals surface area contributed by atoms with Gasteiger partial charge in [-0.1, -0.05) is 6.07 Å². The number of methoxy groups -OCH3 is 4. The minimum Gasteiger partial charge on any atom is -0.495 e. The summed E-state index contributed by atoms with van der Waals surface area (Å²) in [6.07, 6.45) is 0.229. The van der Waals surface area contributed by atoms with E-state index in [4.69, 9.17) is 23.7 Å². The number of aromatic nitrogens is 1. The van der Waals surface area contributed by atoms with Crippen LogP contribution in [0.25, 0.3) is 22.4 Å². The fraction of sp³-hybridized carbons (Fsp3) is 0.360. The van der Waals surface area contributed by atoms with Crippen molar-refractivity contribution in [3.8, 4) is 39.6 Å². The Balaban J connectivity index is 1.87. The van der Waals surface area contributed by atoms with E-state index in [9.17, 15) is 4.79 Å². The smallest absolute Gasteiger partial charge is 0.226 e. The second kappa shape index (κ2) is 12.4. The Kier molecular flexibility index (Phi) is 9.26. The van der Waals surface area contributed by atoms with Crippen molar-refractivity contribution in [2.75, 3.05) is 53.6 Å². The molecule has 34 heavy (non-hydrogen) atoms. The van der Waals surface area contributed by atoms with Crippen molar-refractivity contribution in [2.24, 2.45) is 0 Å². The fourth-order valence-electron chi connectivity index (χ4n) is 3.54. The second-order valence-corrected chi connectivity index (χ2v) is 8.05. The van der Waals surface area contributed by atoms with Gasteiger partial charge in [0.05, 0.1) is 59.0 Å². The third-order valence-electron chi connectivity index (χ3n) is 5.20. The number of carbonyl (C=O) groups excluding carboxylic acids is 1. The van der Waals surface area contributed by atoms with Gasteiger partial charge in [0.25, 0.3) is 0 Å². The second-order valence-electron chi connectivity index (χ2n) is 7.42. The molecular formula is C25H30N2O6S. The van der Waals surface area contributed by atoms with Crippen molar-refractivity contribution in [3.63, 3.8) is 0 Å². The first kappa shape index (κ1) is 25.5. The molecule has 3 aromatic rings. The average molecular weight is 487 g/mol. The number of amides is 1. The molecule has 8 nitrogen and oxygen atoms in total. The van der Waals surface area contributed by atoms with Gasteiger partial charge in [-0.05, 0) is 53.8 Å². The fourth-order valence-corrected chi connectivity index (χ4v) is 4.25. The summed E-state index contributed by atoms with van der Waals surface area (Å²) in [6.45, 7) is 3.23. The van der Waals surface area contributed by atoms with E-state index in [1.807, 2.05) is 42.6 Å². The summed E-state index contributed by atoms with van der Waals surface area (Å²) >= 11 is 1.36. The number of rotatable bonds is 12. The van der Waals surface area contributed by atoms with Crippen LogP contribution in [0.1, 0.15) is 12.0 Å². The van der Waals surface area contributed by atoms with Gasteiger partial charge in [0.15, 0.2) is 11.5 Å². The number of nitrogens with zero attached hydrogens (tertiary/aromatic N) is 1. The average Bonchev–Trinajstić information content (AvgIpc) is 3.33. The summed E-state index contributed by atoms with van der Waals surface area (Å²) in [6, 6.07) is 9.61. The van der Waals surface area contributed by atoms with Crippen molar-refractivity contribution in [1.29, 1.82) is 0 Å². The lowest BCUT2D eigenvalue weighted by molar-refractivity contribution is -0.117. The van der Waals surface area contributed by atoms with Crippen molar-refractivity contribution in [1.82, 2.24) is 4.37 Å². The predicted molar refractivity (Wildman–Crippen MR) is 133 cm³/mol. The minimum absolute atomic E-state index is 0.160. The Bertz CT molecular complexity index is 1110. The van der Waals surface area contributed by atoms with E-state index in [-0.39, 0.29) is 12.3 Å². The molecule has 0 unspecified atom stereocenters. The Labute approximate surface area is 203 Å². The van der Waals surface area contributed by atoms with Gasteiger partial charge in [0, 0.05) is 23.6 Å². The maximum absolute atomic E-state index is 12.5. The lowest BCUT2D eigenvalue weighted by Crippen LogP contribution is -2.15. The highest BCUT2D eigenvalue weighted by Crippen LogP contribution is 2.40. The Morgan fingerprint density at radius 1 is 0.941 bits per heavy atom. The molecule has 1 heterocycles. The Morgan fingerprint density at radius 2 is 1.74 bits per heavy atom. The van der Waals surface area contributed by atoms with Crippen LogP contribution in [0.4, 0.5) is 5.69 Å². The molecule has 0 atom stereocenters. The number of nitrogens with one attached hydrogen (secondary N) is 1.